The number of rotatable bonds is 7. The number of nitrogens with one attached hydrogen (secondary N) is 1. The molecule has 2 aromatic heterocycles. The molecule has 7 nitrogen and oxygen atoms in total. The Balaban J connectivity index is 1.36. The summed E-state index contributed by atoms with van der Waals surface area (Å²) in [6.45, 7) is 0.365. The second-order valence-corrected chi connectivity index (χ2v) is 7.20. The van der Waals surface area contributed by atoms with Crippen LogP contribution in [0.1, 0.15) is 12.0 Å². The Labute approximate surface area is 181 Å². The molecule has 158 valence electrons. The van der Waals surface area contributed by atoms with Gasteiger partial charge in [-0.3, -0.25) is 9.20 Å². The van der Waals surface area contributed by atoms with Gasteiger partial charge in [0.05, 0.1) is 24.6 Å². The number of pyridine rings is 1. The summed E-state index contributed by atoms with van der Waals surface area (Å²) >= 11 is 5.90. The number of hydrogen-bond donors (Lipinski definition) is 1. The summed E-state index contributed by atoms with van der Waals surface area (Å²) in [5, 5.41) is 7.25. The second kappa shape index (κ2) is 9.01. The van der Waals surface area contributed by atoms with Crippen molar-refractivity contribution >= 4 is 28.8 Å². The van der Waals surface area contributed by atoms with Crippen LogP contribution in [0.5, 0.6) is 5.75 Å². The van der Waals surface area contributed by atoms with E-state index in [4.69, 9.17) is 16.3 Å². The first-order valence-electron chi connectivity index (χ1n) is 9.50. The minimum absolute atomic E-state index is 0.0871. The van der Waals surface area contributed by atoms with E-state index in [0.29, 0.717) is 17.1 Å². The van der Waals surface area contributed by atoms with E-state index in [9.17, 15) is 14.0 Å². The molecule has 0 spiro atoms. The van der Waals surface area contributed by atoms with Crippen LogP contribution in [-0.2, 0) is 11.3 Å². The maximum Gasteiger partial charge on any atom is 0.350 e. The van der Waals surface area contributed by atoms with Crippen molar-refractivity contribution in [1.29, 1.82) is 0 Å². The number of carbonyl (C=O) groups is 1. The summed E-state index contributed by atoms with van der Waals surface area (Å²) in [6.07, 6.45) is 1.75. The Morgan fingerprint density at radius 3 is 2.81 bits per heavy atom. The zero-order valence-corrected chi connectivity index (χ0v) is 17.1. The van der Waals surface area contributed by atoms with Gasteiger partial charge < -0.3 is 10.1 Å². The lowest BCUT2D eigenvalue weighted by Gasteiger charge is -2.09. The first-order chi connectivity index (χ1) is 15.0. The molecule has 0 saturated heterocycles. The Hall–Kier alpha value is -3.65. The largest absolute Gasteiger partial charge is 0.491 e. The van der Waals surface area contributed by atoms with E-state index in [1.54, 1.807) is 36.5 Å². The molecule has 0 aliphatic rings. The Morgan fingerprint density at radius 1 is 1.13 bits per heavy atom. The normalized spacial score (nSPS) is 10.9. The number of nitrogens with zero attached hydrogens (tertiary/aromatic N) is 3. The SMILES string of the molecule is O=C(CCOc1ccc(F)cc1Cl)Nc1cccc(Cn2nc3ccccn3c2=O)c1. The molecule has 1 N–H and O–H groups in total. The van der Waals surface area contributed by atoms with Gasteiger partial charge in [0.2, 0.25) is 5.91 Å². The molecule has 0 aliphatic carbocycles. The van der Waals surface area contributed by atoms with Gasteiger partial charge in [0, 0.05) is 11.9 Å². The van der Waals surface area contributed by atoms with Gasteiger partial charge in [-0.05, 0) is 48.0 Å². The highest BCUT2D eigenvalue weighted by Crippen LogP contribution is 2.24. The molecule has 0 unspecified atom stereocenters. The van der Waals surface area contributed by atoms with Crippen molar-refractivity contribution in [3.05, 3.63) is 93.7 Å². The van der Waals surface area contributed by atoms with Gasteiger partial charge in [0.1, 0.15) is 11.6 Å². The molecule has 0 aliphatic heterocycles. The number of fused-ring (bicyclic) bond motifs is 1. The van der Waals surface area contributed by atoms with Crippen molar-refractivity contribution in [2.45, 2.75) is 13.0 Å². The van der Waals surface area contributed by atoms with Crippen LogP contribution in [0.4, 0.5) is 10.1 Å². The second-order valence-electron chi connectivity index (χ2n) is 6.79. The number of anilines is 1. The molecule has 1 amide bonds. The van der Waals surface area contributed by atoms with Crippen LogP contribution in [0.25, 0.3) is 5.65 Å². The molecule has 9 heteroatoms. The van der Waals surface area contributed by atoms with Gasteiger partial charge in [-0.2, -0.15) is 0 Å². The van der Waals surface area contributed by atoms with Gasteiger partial charge in [0.15, 0.2) is 5.65 Å². The highest BCUT2D eigenvalue weighted by Gasteiger charge is 2.09. The summed E-state index contributed by atoms with van der Waals surface area (Å²) in [6, 6.07) is 16.3. The third-order valence-corrected chi connectivity index (χ3v) is 4.81. The van der Waals surface area contributed by atoms with E-state index in [2.05, 4.69) is 10.4 Å². The van der Waals surface area contributed by atoms with E-state index in [0.717, 1.165) is 11.6 Å². The van der Waals surface area contributed by atoms with Crippen LogP contribution >= 0.6 is 11.6 Å². The van der Waals surface area contributed by atoms with Gasteiger partial charge in [-0.25, -0.2) is 13.9 Å². The summed E-state index contributed by atoms with van der Waals surface area (Å²) in [4.78, 5) is 24.7. The van der Waals surface area contributed by atoms with Gasteiger partial charge in [-0.1, -0.05) is 29.8 Å². The van der Waals surface area contributed by atoms with Crippen molar-refractivity contribution in [3.8, 4) is 5.75 Å². The van der Waals surface area contributed by atoms with Crippen molar-refractivity contribution in [2.24, 2.45) is 0 Å². The molecule has 31 heavy (non-hydrogen) atoms. The molecule has 0 bridgehead atoms. The predicted molar refractivity (Wildman–Crippen MR) is 115 cm³/mol. The number of benzene rings is 2. The van der Waals surface area contributed by atoms with E-state index >= 15 is 0 Å². The number of halogens is 2. The van der Waals surface area contributed by atoms with Gasteiger partial charge in [-0.15, -0.1) is 5.10 Å². The number of amides is 1. The Kier molecular flexibility index (Phi) is 5.99. The molecule has 0 saturated carbocycles. The van der Waals surface area contributed by atoms with E-state index < -0.39 is 5.82 Å². The van der Waals surface area contributed by atoms with Crippen LogP contribution in [0, 0.1) is 5.82 Å². The number of aromatic nitrogens is 3. The topological polar surface area (TPSA) is 77.6 Å². The Morgan fingerprint density at radius 2 is 2.00 bits per heavy atom. The molecule has 0 radical (unpaired) electrons. The molecule has 4 rings (SSSR count). The zero-order valence-electron chi connectivity index (χ0n) is 16.3. The summed E-state index contributed by atoms with van der Waals surface area (Å²) < 4.78 is 21.3. The number of hydrogen-bond acceptors (Lipinski definition) is 4. The fourth-order valence-electron chi connectivity index (χ4n) is 3.06. The van der Waals surface area contributed by atoms with Crippen LogP contribution in [0.3, 0.4) is 0 Å². The zero-order chi connectivity index (χ0) is 21.8. The average molecular weight is 441 g/mol. The number of carbonyl (C=O) groups excluding carboxylic acids is 1. The van der Waals surface area contributed by atoms with E-state index in [-0.39, 0.29) is 36.2 Å². The molecule has 0 fully saturated rings. The molecular formula is C22H18ClFN4O3. The maximum absolute atomic E-state index is 13.1. The lowest BCUT2D eigenvalue weighted by molar-refractivity contribution is -0.116. The van der Waals surface area contributed by atoms with Gasteiger partial charge >= 0.3 is 5.69 Å². The third kappa shape index (κ3) is 4.92. The fourth-order valence-corrected chi connectivity index (χ4v) is 3.28. The lowest BCUT2D eigenvalue weighted by atomic mass is 10.2. The fraction of sp³-hybridized carbons (Fsp3) is 0.136. The van der Waals surface area contributed by atoms with E-state index in [1.165, 1.54) is 21.2 Å². The first kappa shape index (κ1) is 20.6. The number of ether oxygens (including phenoxy) is 1. The van der Waals surface area contributed by atoms with Crippen LogP contribution in [-0.4, -0.2) is 26.7 Å². The lowest BCUT2D eigenvalue weighted by Crippen LogP contribution is -2.21. The van der Waals surface area contributed by atoms with Crippen LogP contribution in [0.15, 0.2) is 71.7 Å². The van der Waals surface area contributed by atoms with Crippen LogP contribution < -0.4 is 15.7 Å². The van der Waals surface area contributed by atoms with Crippen molar-refractivity contribution < 1.29 is 13.9 Å². The monoisotopic (exact) mass is 440 g/mol. The minimum atomic E-state index is -0.458. The van der Waals surface area contributed by atoms with Crippen molar-refractivity contribution in [1.82, 2.24) is 14.2 Å². The maximum atomic E-state index is 13.1. The molecule has 2 aromatic carbocycles. The average Bonchev–Trinajstić information content (AvgIpc) is 3.05. The standard InChI is InChI=1S/C22H18ClFN4O3/c23-18-13-16(24)7-8-19(18)31-11-9-21(29)25-17-5-3-4-15(12-17)14-28-22(30)27-10-2-1-6-20(27)26-28/h1-8,10,12-13H,9,11,14H2,(H,25,29). The third-order valence-electron chi connectivity index (χ3n) is 4.51. The van der Waals surface area contributed by atoms with Crippen molar-refractivity contribution in [2.75, 3.05) is 11.9 Å². The quantitative estimate of drug-likeness (QED) is 0.475. The first-order valence-corrected chi connectivity index (χ1v) is 9.88. The van der Waals surface area contributed by atoms with E-state index in [1.807, 2.05) is 12.1 Å². The highest BCUT2D eigenvalue weighted by atomic mass is 35.5. The minimum Gasteiger partial charge on any atom is -0.491 e. The molecule has 0 atom stereocenters. The Bertz CT molecular complexity index is 1300. The molecule has 2 heterocycles. The predicted octanol–water partition coefficient (Wildman–Crippen LogP) is 3.74. The summed E-state index contributed by atoms with van der Waals surface area (Å²) in [5.41, 5.74) is 1.75. The molecule has 4 aromatic rings. The summed E-state index contributed by atoms with van der Waals surface area (Å²) in [5.74, 6) is -0.392. The van der Waals surface area contributed by atoms with Crippen LogP contribution in [0.2, 0.25) is 5.02 Å². The molecular weight excluding hydrogens is 423 g/mol. The highest BCUT2D eigenvalue weighted by molar-refractivity contribution is 6.32. The summed E-state index contributed by atoms with van der Waals surface area (Å²) in [7, 11) is 0. The van der Waals surface area contributed by atoms with Crippen molar-refractivity contribution in [3.63, 3.8) is 0 Å². The smallest absolute Gasteiger partial charge is 0.350 e. The van der Waals surface area contributed by atoms with Gasteiger partial charge in [0.25, 0.3) is 0 Å².